The van der Waals surface area contributed by atoms with Crippen LogP contribution in [0.1, 0.15) is 37.7 Å². The van der Waals surface area contributed by atoms with Crippen molar-refractivity contribution in [1.29, 1.82) is 0 Å². The van der Waals surface area contributed by atoms with Gasteiger partial charge in [-0.2, -0.15) is 0 Å². The number of fused-ring (bicyclic) bond motifs is 2. The van der Waals surface area contributed by atoms with E-state index in [2.05, 4.69) is 5.32 Å². The van der Waals surface area contributed by atoms with Crippen LogP contribution < -0.4 is 10.1 Å². The predicted molar refractivity (Wildman–Crippen MR) is 93.9 cm³/mol. The van der Waals surface area contributed by atoms with Crippen molar-refractivity contribution in [3.8, 4) is 5.75 Å². The third kappa shape index (κ3) is 3.37. The summed E-state index contributed by atoms with van der Waals surface area (Å²) in [5.41, 5.74) is 1.03. The number of ether oxygens (including phenoxy) is 1. The number of nitrogens with one attached hydrogen (secondary N) is 1. The van der Waals surface area contributed by atoms with E-state index >= 15 is 0 Å². The second kappa shape index (κ2) is 6.70. The average molecular weight is 342 g/mol. The number of carbonyl (C=O) groups is 2. The van der Waals surface area contributed by atoms with Gasteiger partial charge < -0.3 is 15.0 Å². The third-order valence-corrected chi connectivity index (χ3v) is 6.16. The van der Waals surface area contributed by atoms with E-state index in [4.69, 9.17) is 4.74 Å². The maximum absolute atomic E-state index is 12.6. The van der Waals surface area contributed by atoms with E-state index in [9.17, 15) is 9.59 Å². The molecule has 2 saturated carbocycles. The number of hydrogen-bond donors (Lipinski definition) is 1. The maximum atomic E-state index is 12.6. The Morgan fingerprint density at radius 3 is 2.92 bits per heavy atom. The zero-order chi connectivity index (χ0) is 17.4. The Morgan fingerprint density at radius 1 is 1.32 bits per heavy atom. The van der Waals surface area contributed by atoms with Crippen LogP contribution in [0.4, 0.5) is 0 Å². The molecule has 1 N–H and O–H groups in total. The zero-order valence-corrected chi connectivity index (χ0v) is 14.7. The molecule has 1 aromatic rings. The Labute approximate surface area is 148 Å². The monoisotopic (exact) mass is 342 g/mol. The lowest BCUT2D eigenvalue weighted by atomic mass is 9.94. The van der Waals surface area contributed by atoms with Gasteiger partial charge in [-0.1, -0.05) is 18.6 Å². The minimum atomic E-state index is -0.211. The van der Waals surface area contributed by atoms with E-state index in [1.54, 1.807) is 12.0 Å². The van der Waals surface area contributed by atoms with Crippen LogP contribution in [0, 0.1) is 17.8 Å². The first-order chi connectivity index (χ1) is 12.1. The summed E-state index contributed by atoms with van der Waals surface area (Å²) in [7, 11) is 1.64. The number of carbonyl (C=O) groups excluding carboxylic acids is 2. The van der Waals surface area contributed by atoms with Crippen molar-refractivity contribution in [3.63, 3.8) is 0 Å². The van der Waals surface area contributed by atoms with Gasteiger partial charge in [-0.05, 0) is 48.8 Å². The van der Waals surface area contributed by atoms with Crippen LogP contribution in [0.5, 0.6) is 5.75 Å². The molecule has 5 heteroatoms. The van der Waals surface area contributed by atoms with Gasteiger partial charge in [0.2, 0.25) is 11.8 Å². The van der Waals surface area contributed by atoms with Gasteiger partial charge in [0, 0.05) is 25.6 Å². The smallest absolute Gasteiger partial charge is 0.225 e. The zero-order valence-electron chi connectivity index (χ0n) is 14.7. The van der Waals surface area contributed by atoms with Crippen molar-refractivity contribution in [2.45, 2.75) is 44.7 Å². The molecule has 0 radical (unpaired) electrons. The number of methoxy groups -OCH3 is 1. The molecular formula is C20H26N2O3. The van der Waals surface area contributed by atoms with Crippen LogP contribution in [-0.2, 0) is 16.1 Å². The lowest BCUT2D eigenvalue weighted by molar-refractivity contribution is -0.129. The van der Waals surface area contributed by atoms with Crippen LogP contribution >= 0.6 is 0 Å². The number of amides is 2. The molecule has 1 saturated heterocycles. The van der Waals surface area contributed by atoms with Gasteiger partial charge >= 0.3 is 0 Å². The first-order valence-electron chi connectivity index (χ1n) is 9.33. The van der Waals surface area contributed by atoms with Crippen LogP contribution in [-0.4, -0.2) is 36.4 Å². The van der Waals surface area contributed by atoms with Gasteiger partial charge in [0.05, 0.1) is 13.0 Å². The molecule has 1 aliphatic heterocycles. The van der Waals surface area contributed by atoms with Crippen molar-refractivity contribution in [3.05, 3.63) is 29.8 Å². The fraction of sp³-hybridized carbons (Fsp3) is 0.600. The van der Waals surface area contributed by atoms with E-state index in [-0.39, 0.29) is 17.7 Å². The molecule has 2 aliphatic carbocycles. The second-order valence-corrected chi connectivity index (χ2v) is 7.82. The van der Waals surface area contributed by atoms with Crippen molar-refractivity contribution in [2.75, 3.05) is 13.7 Å². The number of benzene rings is 1. The van der Waals surface area contributed by atoms with Gasteiger partial charge in [0.15, 0.2) is 0 Å². The summed E-state index contributed by atoms with van der Waals surface area (Å²) >= 11 is 0. The largest absolute Gasteiger partial charge is 0.497 e. The van der Waals surface area contributed by atoms with Gasteiger partial charge in [-0.15, -0.1) is 0 Å². The first-order valence-corrected chi connectivity index (χ1v) is 9.33. The minimum absolute atomic E-state index is 0.0657. The minimum Gasteiger partial charge on any atom is -0.497 e. The molecule has 5 nitrogen and oxygen atoms in total. The summed E-state index contributed by atoms with van der Waals surface area (Å²) in [6, 6.07) is 8.08. The van der Waals surface area contributed by atoms with Crippen molar-refractivity contribution in [2.24, 2.45) is 17.8 Å². The van der Waals surface area contributed by atoms with Gasteiger partial charge in [0.1, 0.15) is 5.75 Å². The Kier molecular flexibility index (Phi) is 4.40. The van der Waals surface area contributed by atoms with E-state index < -0.39 is 0 Å². The van der Waals surface area contributed by atoms with E-state index in [1.807, 2.05) is 24.3 Å². The van der Waals surface area contributed by atoms with Crippen LogP contribution in [0.15, 0.2) is 24.3 Å². The molecule has 2 amide bonds. The molecule has 2 bridgehead atoms. The van der Waals surface area contributed by atoms with Crippen molar-refractivity contribution >= 4 is 11.8 Å². The highest BCUT2D eigenvalue weighted by Gasteiger charge is 2.42. The van der Waals surface area contributed by atoms with E-state index in [0.717, 1.165) is 23.7 Å². The van der Waals surface area contributed by atoms with Crippen LogP contribution in [0.2, 0.25) is 0 Å². The summed E-state index contributed by atoms with van der Waals surface area (Å²) < 4.78 is 5.24. The Morgan fingerprint density at radius 2 is 2.20 bits per heavy atom. The van der Waals surface area contributed by atoms with Crippen molar-refractivity contribution in [1.82, 2.24) is 10.2 Å². The van der Waals surface area contributed by atoms with Crippen LogP contribution in [0.25, 0.3) is 0 Å². The molecule has 3 fully saturated rings. The Hall–Kier alpha value is -2.04. The summed E-state index contributed by atoms with van der Waals surface area (Å²) in [5, 5.41) is 3.24. The fourth-order valence-corrected chi connectivity index (χ4v) is 4.81. The van der Waals surface area contributed by atoms with Crippen LogP contribution in [0.3, 0.4) is 0 Å². The molecule has 0 spiro atoms. The number of rotatable bonds is 5. The maximum Gasteiger partial charge on any atom is 0.225 e. The second-order valence-electron chi connectivity index (χ2n) is 7.82. The lowest BCUT2D eigenvalue weighted by Crippen LogP contribution is -2.42. The fourth-order valence-electron chi connectivity index (χ4n) is 4.81. The highest BCUT2D eigenvalue weighted by molar-refractivity contribution is 5.89. The molecule has 4 atom stereocenters. The SMILES string of the molecule is COc1cccc(CN2C[C@H](C(=O)N[C@@H]3C[C@H]4CC[C@H]3C4)CC2=O)c1. The normalized spacial score (nSPS) is 30.8. The highest BCUT2D eigenvalue weighted by atomic mass is 16.5. The molecule has 1 heterocycles. The van der Waals surface area contributed by atoms with E-state index in [1.165, 1.54) is 19.3 Å². The molecule has 0 aromatic heterocycles. The van der Waals surface area contributed by atoms with E-state index in [0.29, 0.717) is 31.5 Å². The summed E-state index contributed by atoms with van der Waals surface area (Å²) in [5.74, 6) is 2.19. The molecule has 134 valence electrons. The standard InChI is InChI=1S/C20H26N2O3/c1-25-17-4-2-3-14(8-17)11-22-12-16(10-19(22)23)20(24)21-18-9-13-5-6-15(18)7-13/h2-4,8,13,15-16,18H,5-7,9-12H2,1H3,(H,21,24)/t13-,15-,16+,18+/m0/s1. The quantitative estimate of drug-likeness (QED) is 0.894. The third-order valence-electron chi connectivity index (χ3n) is 6.16. The molecule has 3 aliphatic rings. The first kappa shape index (κ1) is 16.4. The highest BCUT2D eigenvalue weighted by Crippen LogP contribution is 2.44. The van der Waals surface area contributed by atoms with Crippen molar-refractivity contribution < 1.29 is 14.3 Å². The van der Waals surface area contributed by atoms with Gasteiger partial charge in [0.25, 0.3) is 0 Å². The number of hydrogen-bond acceptors (Lipinski definition) is 3. The van der Waals surface area contributed by atoms with Gasteiger partial charge in [-0.3, -0.25) is 9.59 Å². The molecule has 25 heavy (non-hydrogen) atoms. The molecule has 1 aromatic carbocycles. The number of likely N-dealkylation sites (tertiary alicyclic amines) is 1. The predicted octanol–water partition coefficient (Wildman–Crippen LogP) is 2.35. The lowest BCUT2D eigenvalue weighted by Gasteiger charge is -2.24. The Balaban J connectivity index is 1.34. The summed E-state index contributed by atoms with van der Waals surface area (Å²) in [4.78, 5) is 26.7. The average Bonchev–Trinajstić information content (AvgIpc) is 3.31. The van der Waals surface area contributed by atoms with Gasteiger partial charge in [-0.25, -0.2) is 0 Å². The summed E-state index contributed by atoms with van der Waals surface area (Å²) in [6.45, 7) is 1.05. The number of nitrogens with zero attached hydrogens (tertiary/aromatic N) is 1. The topological polar surface area (TPSA) is 58.6 Å². The molecular weight excluding hydrogens is 316 g/mol. The summed E-state index contributed by atoms with van der Waals surface area (Å²) in [6.07, 6.45) is 5.31. The Bertz CT molecular complexity index is 675. The molecule has 0 unspecified atom stereocenters. The molecule has 4 rings (SSSR count).